The predicted octanol–water partition coefficient (Wildman–Crippen LogP) is 7.45. The van der Waals surface area contributed by atoms with Gasteiger partial charge in [-0.1, -0.05) is 149 Å². The second-order valence-electron chi connectivity index (χ2n) is 10.2. The van der Waals surface area contributed by atoms with Crippen molar-refractivity contribution in [2.75, 3.05) is 0 Å². The number of hydrogen-bond acceptors (Lipinski definition) is 0. The maximum absolute atomic E-state index is 2.40. The zero-order valence-electron chi connectivity index (χ0n) is 24.3. The van der Waals surface area contributed by atoms with Gasteiger partial charge < -0.3 is 0 Å². The van der Waals surface area contributed by atoms with Crippen LogP contribution in [0.25, 0.3) is 0 Å². The topological polar surface area (TPSA) is 0 Å². The van der Waals surface area contributed by atoms with Gasteiger partial charge in [0.05, 0.1) is 0 Å². The third-order valence-electron chi connectivity index (χ3n) is 7.77. The normalized spacial score (nSPS) is 11.3. The highest BCUT2D eigenvalue weighted by Gasteiger charge is 2.25. The standard InChI is InChI=1S/C38H40P2/c1-5-29-13-21-33(22-14-29)39(34-23-15-30(6-2)16-24-34)37-11-9-10-12-38(37)40(35-25-17-31(7-3)18-26-35)36-27-19-32(8-4)20-28-36/h9-28H,5-8H2,1-4H3. The minimum absolute atomic E-state index is 0.717. The fourth-order valence-corrected chi connectivity index (χ4v) is 10.4. The fourth-order valence-electron chi connectivity index (χ4n) is 5.22. The van der Waals surface area contributed by atoms with Crippen molar-refractivity contribution in [2.45, 2.75) is 53.4 Å². The summed E-state index contributed by atoms with van der Waals surface area (Å²) in [6.45, 7) is 8.93. The Balaban J connectivity index is 1.71. The predicted molar refractivity (Wildman–Crippen MR) is 181 cm³/mol. The Morgan fingerprint density at radius 2 is 0.550 bits per heavy atom. The van der Waals surface area contributed by atoms with Gasteiger partial charge in [-0.2, -0.15) is 0 Å². The third-order valence-corrected chi connectivity index (χ3v) is 13.0. The molecule has 0 N–H and O–H groups in total. The molecule has 0 saturated heterocycles. The van der Waals surface area contributed by atoms with Gasteiger partial charge in [-0.05, 0) is 95.6 Å². The summed E-state index contributed by atoms with van der Waals surface area (Å²) >= 11 is 0. The monoisotopic (exact) mass is 558 g/mol. The molecule has 202 valence electrons. The van der Waals surface area contributed by atoms with E-state index in [2.05, 4.69) is 149 Å². The molecule has 0 aliphatic heterocycles. The van der Waals surface area contributed by atoms with E-state index in [1.807, 2.05) is 0 Å². The van der Waals surface area contributed by atoms with Gasteiger partial charge in [0.15, 0.2) is 0 Å². The van der Waals surface area contributed by atoms with Crippen LogP contribution in [-0.2, 0) is 25.7 Å². The van der Waals surface area contributed by atoms with Gasteiger partial charge in [0, 0.05) is 0 Å². The molecule has 2 heteroatoms. The summed E-state index contributed by atoms with van der Waals surface area (Å²) < 4.78 is 0. The minimum atomic E-state index is -0.717. The molecule has 0 atom stereocenters. The Kier molecular flexibility index (Phi) is 9.65. The fraction of sp³-hybridized carbons (Fsp3) is 0.211. The lowest BCUT2D eigenvalue weighted by atomic mass is 10.2. The van der Waals surface area contributed by atoms with Crippen LogP contribution >= 0.6 is 15.8 Å². The number of benzene rings is 5. The maximum Gasteiger partial charge on any atom is -0.00675 e. The first-order chi connectivity index (χ1) is 19.6. The van der Waals surface area contributed by atoms with Crippen LogP contribution in [0.15, 0.2) is 121 Å². The number of aryl methyl sites for hydroxylation is 4. The summed E-state index contributed by atoms with van der Waals surface area (Å²) in [6.07, 6.45) is 4.25. The van der Waals surface area contributed by atoms with Gasteiger partial charge >= 0.3 is 0 Å². The van der Waals surface area contributed by atoms with Crippen molar-refractivity contribution in [3.63, 3.8) is 0 Å². The van der Waals surface area contributed by atoms with E-state index in [0.717, 1.165) is 25.7 Å². The zero-order chi connectivity index (χ0) is 27.9. The summed E-state index contributed by atoms with van der Waals surface area (Å²) in [7, 11) is -1.43. The second-order valence-corrected chi connectivity index (χ2v) is 14.6. The highest BCUT2D eigenvalue weighted by Crippen LogP contribution is 2.39. The molecule has 5 rings (SSSR count). The lowest BCUT2D eigenvalue weighted by molar-refractivity contribution is 1.14. The molecule has 5 aromatic carbocycles. The molecule has 0 saturated carbocycles. The van der Waals surface area contributed by atoms with Crippen molar-refractivity contribution in [3.05, 3.63) is 144 Å². The number of hydrogen-bond donors (Lipinski definition) is 0. The van der Waals surface area contributed by atoms with Gasteiger partial charge in [0.2, 0.25) is 0 Å². The van der Waals surface area contributed by atoms with E-state index in [9.17, 15) is 0 Å². The molecule has 0 bridgehead atoms. The molecule has 0 unspecified atom stereocenters. The van der Waals surface area contributed by atoms with Crippen molar-refractivity contribution in [1.82, 2.24) is 0 Å². The van der Waals surface area contributed by atoms with E-state index in [1.165, 1.54) is 54.1 Å². The molecule has 0 spiro atoms. The molecular weight excluding hydrogens is 518 g/mol. The Morgan fingerprint density at radius 3 is 0.750 bits per heavy atom. The SMILES string of the molecule is CCc1ccc(P(c2ccc(CC)cc2)c2ccccc2P(c2ccc(CC)cc2)c2ccc(CC)cc2)cc1. The number of rotatable bonds is 10. The Hall–Kier alpha value is -3.04. The first-order valence-electron chi connectivity index (χ1n) is 14.7. The Labute approximate surface area is 244 Å². The van der Waals surface area contributed by atoms with Crippen LogP contribution in [0, 0.1) is 0 Å². The average Bonchev–Trinajstić information content (AvgIpc) is 3.03. The van der Waals surface area contributed by atoms with Gasteiger partial charge in [0.25, 0.3) is 0 Å². The molecule has 0 radical (unpaired) electrons. The van der Waals surface area contributed by atoms with E-state index in [4.69, 9.17) is 0 Å². The first-order valence-corrected chi connectivity index (χ1v) is 17.4. The van der Waals surface area contributed by atoms with Gasteiger partial charge in [0.1, 0.15) is 0 Å². The van der Waals surface area contributed by atoms with E-state index < -0.39 is 15.8 Å². The molecule has 0 aromatic heterocycles. The van der Waals surface area contributed by atoms with Crippen LogP contribution in [0.3, 0.4) is 0 Å². The van der Waals surface area contributed by atoms with E-state index in [0.29, 0.717) is 0 Å². The minimum Gasteiger partial charge on any atom is -0.0616 e. The van der Waals surface area contributed by atoms with Crippen LogP contribution in [0.2, 0.25) is 0 Å². The average molecular weight is 559 g/mol. The second kappa shape index (κ2) is 13.5. The summed E-state index contributed by atoms with van der Waals surface area (Å²) in [5.74, 6) is 0. The van der Waals surface area contributed by atoms with Crippen molar-refractivity contribution in [1.29, 1.82) is 0 Å². The third kappa shape index (κ3) is 6.31. The van der Waals surface area contributed by atoms with Gasteiger partial charge in [-0.15, -0.1) is 0 Å². The smallest absolute Gasteiger partial charge is 0.00675 e. The summed E-state index contributed by atoms with van der Waals surface area (Å²) in [6, 6.07) is 46.9. The summed E-state index contributed by atoms with van der Waals surface area (Å²) in [4.78, 5) is 0. The molecular formula is C38H40P2. The molecule has 0 nitrogen and oxygen atoms in total. The van der Waals surface area contributed by atoms with Crippen molar-refractivity contribution in [2.24, 2.45) is 0 Å². The van der Waals surface area contributed by atoms with E-state index >= 15 is 0 Å². The van der Waals surface area contributed by atoms with Gasteiger partial charge in [-0.3, -0.25) is 0 Å². The molecule has 0 heterocycles. The summed E-state index contributed by atoms with van der Waals surface area (Å²) in [5, 5.41) is 8.61. The molecule has 0 fully saturated rings. The van der Waals surface area contributed by atoms with E-state index in [-0.39, 0.29) is 0 Å². The Morgan fingerprint density at radius 1 is 0.325 bits per heavy atom. The Bertz CT molecular complexity index is 1290. The molecule has 5 aromatic rings. The van der Waals surface area contributed by atoms with E-state index in [1.54, 1.807) is 0 Å². The highest BCUT2D eigenvalue weighted by atomic mass is 31.1. The first kappa shape index (κ1) is 28.5. The quantitative estimate of drug-likeness (QED) is 0.156. The van der Waals surface area contributed by atoms with Crippen LogP contribution in [-0.4, -0.2) is 0 Å². The van der Waals surface area contributed by atoms with Gasteiger partial charge in [-0.25, -0.2) is 0 Å². The molecule has 0 aliphatic carbocycles. The summed E-state index contributed by atoms with van der Waals surface area (Å²) in [5.41, 5.74) is 5.57. The molecule has 40 heavy (non-hydrogen) atoms. The largest absolute Gasteiger partial charge is 0.0616 e. The van der Waals surface area contributed by atoms with Crippen LogP contribution < -0.4 is 31.8 Å². The van der Waals surface area contributed by atoms with Crippen molar-refractivity contribution in [3.8, 4) is 0 Å². The van der Waals surface area contributed by atoms with Crippen molar-refractivity contribution >= 4 is 47.7 Å². The van der Waals surface area contributed by atoms with Crippen LogP contribution in [0.5, 0.6) is 0 Å². The zero-order valence-corrected chi connectivity index (χ0v) is 26.1. The molecule has 0 amide bonds. The maximum atomic E-state index is 2.40. The highest BCUT2D eigenvalue weighted by molar-refractivity contribution is 7.85. The lowest BCUT2D eigenvalue weighted by Gasteiger charge is -2.28. The lowest BCUT2D eigenvalue weighted by Crippen LogP contribution is -2.34. The molecule has 0 aliphatic rings. The van der Waals surface area contributed by atoms with Crippen LogP contribution in [0.4, 0.5) is 0 Å². The van der Waals surface area contributed by atoms with Crippen LogP contribution in [0.1, 0.15) is 49.9 Å². The van der Waals surface area contributed by atoms with Crippen molar-refractivity contribution < 1.29 is 0 Å².